The highest BCUT2D eigenvalue weighted by molar-refractivity contribution is 7.92. The highest BCUT2D eigenvalue weighted by atomic mass is 32.2. The van der Waals surface area contributed by atoms with E-state index < -0.39 is 28.5 Å². The molecule has 3 aromatic rings. The van der Waals surface area contributed by atoms with Crippen LogP contribution in [0.4, 0.5) is 5.69 Å². The van der Waals surface area contributed by atoms with Crippen LogP contribution in [0.5, 0.6) is 0 Å². The number of carbonyl (C=O) groups excluding carboxylic acids is 2. The van der Waals surface area contributed by atoms with Crippen LogP contribution >= 0.6 is 0 Å². The Bertz CT molecular complexity index is 1310. The lowest BCUT2D eigenvalue weighted by Crippen LogP contribution is -2.53. The number of amides is 2. The van der Waals surface area contributed by atoms with E-state index in [0.717, 1.165) is 21.9 Å². The van der Waals surface area contributed by atoms with Crippen LogP contribution in [-0.2, 0) is 26.2 Å². The van der Waals surface area contributed by atoms with E-state index in [1.54, 1.807) is 48.5 Å². The number of nitrogens with one attached hydrogen (secondary N) is 1. The van der Waals surface area contributed by atoms with Gasteiger partial charge in [0, 0.05) is 12.6 Å². The Kier molecular flexibility index (Phi) is 10.1. The van der Waals surface area contributed by atoms with E-state index in [-0.39, 0.29) is 23.4 Å². The van der Waals surface area contributed by atoms with Gasteiger partial charge in [0.2, 0.25) is 11.8 Å². The zero-order valence-electron chi connectivity index (χ0n) is 22.5. The van der Waals surface area contributed by atoms with Crippen LogP contribution in [0.3, 0.4) is 0 Å². The van der Waals surface area contributed by atoms with Crippen LogP contribution in [-0.4, -0.2) is 43.8 Å². The molecule has 202 valence electrons. The summed E-state index contributed by atoms with van der Waals surface area (Å²) in [5, 5.41) is 2.99. The van der Waals surface area contributed by atoms with Crippen molar-refractivity contribution in [1.82, 2.24) is 10.2 Å². The van der Waals surface area contributed by atoms with Gasteiger partial charge in [0.15, 0.2) is 0 Å². The lowest BCUT2D eigenvalue weighted by Gasteiger charge is -2.33. The first-order valence-electron chi connectivity index (χ1n) is 13.0. The molecule has 0 aliphatic rings. The first-order valence-corrected chi connectivity index (χ1v) is 14.4. The van der Waals surface area contributed by atoms with Crippen molar-refractivity contribution in [2.45, 2.75) is 64.1 Å². The molecule has 0 saturated heterocycles. The molecule has 0 bridgehead atoms. The van der Waals surface area contributed by atoms with Crippen molar-refractivity contribution in [3.8, 4) is 0 Å². The summed E-state index contributed by atoms with van der Waals surface area (Å²) in [6, 6.07) is 23.5. The van der Waals surface area contributed by atoms with Gasteiger partial charge in [0.25, 0.3) is 10.0 Å². The second kappa shape index (κ2) is 13.2. The Balaban J connectivity index is 2.02. The van der Waals surface area contributed by atoms with Gasteiger partial charge in [-0.1, -0.05) is 80.1 Å². The molecule has 8 heteroatoms. The number of anilines is 1. The van der Waals surface area contributed by atoms with E-state index in [0.29, 0.717) is 12.1 Å². The molecule has 2 atom stereocenters. The number of hydrogen-bond donors (Lipinski definition) is 1. The highest BCUT2D eigenvalue weighted by Crippen LogP contribution is 2.24. The summed E-state index contributed by atoms with van der Waals surface area (Å²) in [5.41, 5.74) is 2.27. The molecule has 0 saturated carbocycles. The molecule has 0 unspecified atom stereocenters. The van der Waals surface area contributed by atoms with Gasteiger partial charge in [-0.3, -0.25) is 13.9 Å². The van der Waals surface area contributed by atoms with Crippen LogP contribution in [0, 0.1) is 6.92 Å². The van der Waals surface area contributed by atoms with Crippen LogP contribution in [0.1, 0.15) is 44.7 Å². The van der Waals surface area contributed by atoms with Crippen molar-refractivity contribution in [1.29, 1.82) is 0 Å². The predicted molar refractivity (Wildman–Crippen MR) is 151 cm³/mol. The minimum absolute atomic E-state index is 0.0493. The molecule has 3 rings (SSSR count). The fourth-order valence-corrected chi connectivity index (χ4v) is 5.65. The number of carbonyl (C=O) groups is 2. The Hall–Kier alpha value is -3.65. The Morgan fingerprint density at radius 3 is 2.08 bits per heavy atom. The second-order valence-electron chi connectivity index (χ2n) is 9.41. The average Bonchev–Trinajstić information content (AvgIpc) is 2.92. The predicted octanol–water partition coefficient (Wildman–Crippen LogP) is 4.91. The molecule has 7 nitrogen and oxygen atoms in total. The highest BCUT2D eigenvalue weighted by Gasteiger charge is 2.33. The molecule has 38 heavy (non-hydrogen) atoms. The molecule has 0 fully saturated rings. The fourth-order valence-electron chi connectivity index (χ4n) is 4.21. The normalized spacial score (nSPS) is 12.8. The van der Waals surface area contributed by atoms with Gasteiger partial charge in [0.05, 0.1) is 10.6 Å². The largest absolute Gasteiger partial charge is 0.352 e. The lowest BCUT2D eigenvalue weighted by atomic mass is 10.1. The van der Waals surface area contributed by atoms with Gasteiger partial charge in [0.1, 0.15) is 12.6 Å². The summed E-state index contributed by atoms with van der Waals surface area (Å²) >= 11 is 0. The van der Waals surface area contributed by atoms with Crippen molar-refractivity contribution in [2.75, 3.05) is 10.8 Å². The first kappa shape index (κ1) is 28.9. The van der Waals surface area contributed by atoms with E-state index in [2.05, 4.69) is 5.32 Å². The molecule has 1 N–H and O–H groups in total. The molecule has 0 heterocycles. The number of rotatable bonds is 12. The first-order chi connectivity index (χ1) is 18.2. The van der Waals surface area contributed by atoms with Crippen LogP contribution in [0.25, 0.3) is 0 Å². The van der Waals surface area contributed by atoms with Crippen LogP contribution < -0.4 is 9.62 Å². The molecule has 2 amide bonds. The number of hydrogen-bond acceptors (Lipinski definition) is 4. The second-order valence-corrected chi connectivity index (χ2v) is 11.3. The van der Waals surface area contributed by atoms with E-state index in [9.17, 15) is 18.0 Å². The minimum Gasteiger partial charge on any atom is -0.352 e. The third kappa shape index (κ3) is 7.22. The number of benzene rings is 3. The maximum atomic E-state index is 14.0. The van der Waals surface area contributed by atoms with Gasteiger partial charge in [-0.05, 0) is 56.5 Å². The summed E-state index contributed by atoms with van der Waals surface area (Å²) < 4.78 is 28.6. The molecule has 0 aliphatic carbocycles. The topological polar surface area (TPSA) is 86.8 Å². The van der Waals surface area contributed by atoms with Gasteiger partial charge >= 0.3 is 0 Å². The molecule has 0 aliphatic heterocycles. The van der Waals surface area contributed by atoms with Crippen molar-refractivity contribution in [2.24, 2.45) is 0 Å². The van der Waals surface area contributed by atoms with Gasteiger partial charge < -0.3 is 10.2 Å². The third-order valence-corrected chi connectivity index (χ3v) is 8.26. The number of para-hydroxylation sites is 1. The van der Waals surface area contributed by atoms with E-state index in [1.807, 2.05) is 52.0 Å². The summed E-state index contributed by atoms with van der Waals surface area (Å²) in [6.07, 6.45) is 1.14. The SMILES string of the molecule is CC[C@H](C(=O)N[C@@H](C)CC)N(Cc1cccc(C)c1)C(=O)CN(c1ccccc1)S(=O)(=O)c1ccccc1. The monoisotopic (exact) mass is 535 g/mol. The molecule has 0 radical (unpaired) electrons. The van der Waals surface area contributed by atoms with Crippen molar-refractivity contribution in [3.63, 3.8) is 0 Å². The Labute approximate surface area is 226 Å². The van der Waals surface area contributed by atoms with Gasteiger partial charge in [-0.2, -0.15) is 0 Å². The maximum Gasteiger partial charge on any atom is 0.264 e. The Morgan fingerprint density at radius 1 is 0.868 bits per heavy atom. The minimum atomic E-state index is -4.05. The van der Waals surface area contributed by atoms with E-state index in [1.165, 1.54) is 17.0 Å². The average molecular weight is 536 g/mol. The van der Waals surface area contributed by atoms with Gasteiger partial charge in [-0.15, -0.1) is 0 Å². The molecular weight excluding hydrogens is 498 g/mol. The summed E-state index contributed by atoms with van der Waals surface area (Å²) in [7, 11) is -4.05. The quantitative estimate of drug-likeness (QED) is 0.357. The summed E-state index contributed by atoms with van der Waals surface area (Å²) in [4.78, 5) is 28.9. The number of aryl methyl sites for hydroxylation is 1. The zero-order valence-corrected chi connectivity index (χ0v) is 23.3. The van der Waals surface area contributed by atoms with Crippen LogP contribution in [0.2, 0.25) is 0 Å². The van der Waals surface area contributed by atoms with E-state index >= 15 is 0 Å². The van der Waals surface area contributed by atoms with Crippen LogP contribution in [0.15, 0.2) is 89.8 Å². The number of sulfonamides is 1. The van der Waals surface area contributed by atoms with Crippen molar-refractivity contribution < 1.29 is 18.0 Å². The number of nitrogens with zero attached hydrogens (tertiary/aromatic N) is 2. The molecular formula is C30H37N3O4S. The maximum absolute atomic E-state index is 14.0. The summed E-state index contributed by atoms with van der Waals surface area (Å²) in [5.74, 6) is -0.707. The lowest BCUT2D eigenvalue weighted by molar-refractivity contribution is -0.140. The molecule has 3 aromatic carbocycles. The van der Waals surface area contributed by atoms with E-state index in [4.69, 9.17) is 0 Å². The molecule has 0 spiro atoms. The fraction of sp³-hybridized carbons (Fsp3) is 0.333. The van der Waals surface area contributed by atoms with Gasteiger partial charge in [-0.25, -0.2) is 8.42 Å². The Morgan fingerprint density at radius 2 is 1.50 bits per heavy atom. The summed E-state index contributed by atoms with van der Waals surface area (Å²) in [6.45, 7) is 7.45. The zero-order chi connectivity index (χ0) is 27.7. The standard InChI is InChI=1S/C30H37N3O4S/c1-5-24(4)31-30(35)28(6-2)32(21-25-15-13-14-23(3)20-25)29(34)22-33(26-16-9-7-10-17-26)38(36,37)27-18-11-8-12-19-27/h7-20,24,28H,5-6,21-22H2,1-4H3,(H,31,35)/t24-,28+/m0/s1. The molecule has 0 aromatic heterocycles. The smallest absolute Gasteiger partial charge is 0.264 e. The third-order valence-electron chi connectivity index (χ3n) is 6.48. The van der Waals surface area contributed by atoms with Crippen molar-refractivity contribution >= 4 is 27.5 Å². The van der Waals surface area contributed by atoms with Crippen molar-refractivity contribution in [3.05, 3.63) is 96.1 Å².